The molecule has 3 N–H and O–H groups in total. The molecule has 0 aromatic carbocycles. The SMILES string of the molecule is CC(C)(C)[N-]C=C[N-]C(C)(C)C.CC(C)(C)[N-]C=C[N-]C(C)(C)C.CC(C)[N-]C(C)C.CC(C)[N-]C=C[N-]C(C)C.CC(C)[N-]C=C[N-]C(C)C.CC(C)[NH-].CC(C)[N]=[W][Cl].CC(C)[N]=[W][Cl].CC(C)[N]=[W][Cl].CC(C)[N]=[W][Cl].CC(C)[N]=[W][Cl].CC(C)[N]=[W][Cl].CCC(C)(C)[N-]C=C[N-]C(C)(C)CC.CCC(C)(C)[N-]C=C[N-]C(C)(C)CC.CC[N-]CC.CC[NH-].C[N-]C.C[NH-]. The summed E-state index contributed by atoms with van der Waals surface area (Å²) >= 11 is -4.38. The summed E-state index contributed by atoms with van der Waals surface area (Å²) in [6.45, 7) is 112. The Morgan fingerprint density at radius 1 is 0.258 bits per heavy atom. The smallest absolute Gasteiger partial charge is 0.0663 e. The van der Waals surface area contributed by atoms with Gasteiger partial charge in [0.25, 0.3) is 0 Å². The normalized spacial score (nSPS) is 11.6. The van der Waals surface area contributed by atoms with Crippen LogP contribution in [0.1, 0.15) is 393 Å². The van der Waals surface area contributed by atoms with Crippen molar-refractivity contribution in [3.05, 3.63) is 171 Å². The van der Waals surface area contributed by atoms with Crippen molar-refractivity contribution in [3.8, 4) is 0 Å². The standard InChI is InChI=1S/2C12H24N2.2C10H20N2.2C8H16N2.C6H14N.C4H10N.C3H8N.6C3H7N.2C2H6N.CH4N.6ClH.6W/c2*1-7-11(3,4)13-9-10-14-12(5,6)8-2;2*1-9(2,3)11-7-8-12-10(4,5)6;2*1-7(2)9-5-6-10-8(3)4;1-5(2)7-6(3)4;1-3-5-4-2;7*1-3(2)4;1-3-2;1-2-3;1-2;;;;;;;;;;;;/h2*9-10H,7-8H2,1-6H3;2*7-8H,1-6H3;2*5-8H,1-4H3;5-6H,1-4H3;3-4H2,1-2H3;3-4H,1-2H3;6*3H,1-2H3;1-2H3;3H,2H2,1H3;2H,1H3;6*1H;;;;;;/q6*-2;3*-1;;;;;;;3*-1;;;;;;;6*+1/p-6. The Hall–Kier alpha value is 0.470. The second kappa shape index (κ2) is 126. The zero-order chi connectivity index (χ0) is 109. The van der Waals surface area contributed by atoms with Crippen molar-refractivity contribution in [2.24, 2.45) is 21.0 Å². The van der Waals surface area contributed by atoms with E-state index in [0.29, 0.717) is 79.0 Å². The fraction of sp³-hybridized carbons (Fsp3) is 0.875. The van der Waals surface area contributed by atoms with E-state index >= 15 is 0 Å². The Kier molecular flexibility index (Phi) is 166. The van der Waals surface area contributed by atoms with Crippen molar-refractivity contribution in [2.75, 3.05) is 40.8 Å². The Bertz CT molecular complexity index is 2190. The van der Waals surface area contributed by atoms with Gasteiger partial charge in [0, 0.05) is 0 Å². The van der Waals surface area contributed by atoms with Crippen LogP contribution in [0.25, 0.3) is 97.0 Å². The Labute approximate surface area is 899 Å². The summed E-state index contributed by atoms with van der Waals surface area (Å²) in [4.78, 5) is 0. The van der Waals surface area contributed by atoms with Gasteiger partial charge >= 0.3 is 301 Å². The van der Waals surface area contributed by atoms with Gasteiger partial charge in [0.15, 0.2) is 0 Å². The van der Waals surface area contributed by atoms with E-state index in [4.69, 9.17) is 73.7 Å². The summed E-state index contributed by atoms with van der Waals surface area (Å²) in [5.41, 5.74) is 18.7. The first-order chi connectivity index (χ1) is 60.0. The van der Waals surface area contributed by atoms with Crippen molar-refractivity contribution in [3.63, 3.8) is 0 Å². The van der Waals surface area contributed by atoms with Crippen molar-refractivity contribution < 1.29 is 104 Å². The topological polar surface area (TPSA) is 357 Å². The summed E-state index contributed by atoms with van der Waals surface area (Å²) in [6, 6.07) is 5.37. The van der Waals surface area contributed by atoms with Crippen LogP contribution in [0.4, 0.5) is 0 Å². The van der Waals surface area contributed by atoms with Gasteiger partial charge in [-0.15, -0.1) is 86.6 Å². The van der Waals surface area contributed by atoms with Crippen molar-refractivity contribution in [2.45, 2.75) is 515 Å². The monoisotopic (exact) mass is 3010 g/mol. The third kappa shape index (κ3) is 292. The Morgan fingerprint density at radius 2 is 0.379 bits per heavy atom. The molecule has 0 saturated carbocycles. The minimum Gasteiger partial charge on any atom is -0.687 e. The molecule has 36 heteroatoms. The van der Waals surface area contributed by atoms with Gasteiger partial charge in [-0.1, -0.05) is 310 Å². The van der Waals surface area contributed by atoms with Crippen molar-refractivity contribution in [1.82, 2.24) is 0 Å². The molecule has 0 fully saturated rings. The molecular formula is C96H210Cl6N24W6-18. The molecule has 0 bridgehead atoms. The second-order valence-corrected chi connectivity index (χ2v) is 52.2. The quantitative estimate of drug-likeness (QED) is 0.0580. The molecule has 0 amide bonds. The predicted molar refractivity (Wildman–Crippen MR) is 591 cm³/mol. The minimum atomic E-state index is -0.729. The van der Waals surface area contributed by atoms with Gasteiger partial charge in [-0.05, 0) is 0 Å². The summed E-state index contributed by atoms with van der Waals surface area (Å²) in [5.74, 6) is 0. The second-order valence-electron chi connectivity index (χ2n) is 37.9. The maximum absolute atomic E-state index is 6.58. The molecule has 24 nitrogen and oxygen atoms in total. The van der Waals surface area contributed by atoms with E-state index in [9.17, 15) is 0 Å². The molecule has 132 heavy (non-hydrogen) atoms. The maximum atomic E-state index is 6.58. The minimum absolute atomic E-state index is 0.00387. The van der Waals surface area contributed by atoms with Crippen LogP contribution in [0.15, 0.2) is 95.4 Å². The van der Waals surface area contributed by atoms with Gasteiger partial charge in [-0.25, -0.2) is 74.4 Å². The molecule has 0 aliphatic heterocycles. The number of hydrogen-bond donors (Lipinski definition) is 0. The van der Waals surface area contributed by atoms with E-state index in [0.717, 1.165) is 38.8 Å². The van der Waals surface area contributed by atoms with E-state index in [-0.39, 0.29) is 50.4 Å². The fourth-order valence-corrected chi connectivity index (χ4v) is 15.7. The summed E-state index contributed by atoms with van der Waals surface area (Å²) in [6.07, 6.45) is 25.6. The molecule has 0 aliphatic rings. The van der Waals surface area contributed by atoms with Gasteiger partial charge in [-0.3, -0.25) is 0 Å². The molecule has 0 heterocycles. The molecule has 0 radical (unpaired) electrons. The molecule has 810 valence electrons. The fourth-order valence-electron chi connectivity index (χ4n) is 4.47. The van der Waals surface area contributed by atoms with Crippen LogP contribution in [0.2, 0.25) is 0 Å². The predicted octanol–water partition coefficient (Wildman–Crippen LogP) is 41.1. The molecule has 0 rings (SSSR count). The van der Waals surface area contributed by atoms with E-state index < -0.39 is 104 Å². The molecular weight excluding hydrogens is 2800 g/mol. The van der Waals surface area contributed by atoms with Crippen LogP contribution in [0, 0.1) is 0 Å². The molecule has 0 spiro atoms. The van der Waals surface area contributed by atoms with Gasteiger partial charge in [0.1, 0.15) is 0 Å². The number of rotatable bonds is 34. The summed E-state index contributed by atoms with van der Waals surface area (Å²) < 4.78 is 24.3. The van der Waals surface area contributed by atoms with Crippen LogP contribution >= 0.6 is 56.5 Å². The summed E-state index contributed by atoms with van der Waals surface area (Å²) in [5, 5.41) is 63.1. The number of halogens is 6. The molecule has 0 aromatic heterocycles. The third-order valence-corrected chi connectivity index (χ3v) is 26.2. The first kappa shape index (κ1) is 175. The number of nitrogens with one attached hydrogen (secondary N) is 3. The van der Waals surface area contributed by atoms with Gasteiger partial charge in [0.2, 0.25) is 0 Å². The van der Waals surface area contributed by atoms with E-state index in [1.165, 1.54) is 7.05 Å². The van der Waals surface area contributed by atoms with Crippen LogP contribution < -0.4 is 0 Å². The van der Waals surface area contributed by atoms with Crippen molar-refractivity contribution in [1.29, 1.82) is 0 Å². The van der Waals surface area contributed by atoms with E-state index in [1.807, 2.05) is 191 Å². The first-order valence-corrected chi connectivity index (χ1v) is 75.7. The van der Waals surface area contributed by atoms with Crippen LogP contribution in [0.5, 0.6) is 0 Å². The van der Waals surface area contributed by atoms with E-state index in [2.05, 4.69) is 295 Å². The zero-order valence-electron chi connectivity index (χ0n) is 95.0. The molecule has 0 unspecified atom stereocenters. The largest absolute Gasteiger partial charge is 0.687 e. The first-order valence-electron chi connectivity index (χ1n) is 46.1. The van der Waals surface area contributed by atoms with Gasteiger partial charge < -0.3 is 97.0 Å². The average Bonchev–Trinajstić information content (AvgIpc) is 0.915. The van der Waals surface area contributed by atoms with Gasteiger partial charge in [0.05, 0.1) is 0 Å². The molecule has 0 atom stereocenters. The van der Waals surface area contributed by atoms with Crippen molar-refractivity contribution >= 4 is 56.5 Å². The van der Waals surface area contributed by atoms with Crippen LogP contribution in [-0.2, 0) is 104 Å². The third-order valence-electron chi connectivity index (χ3n) is 11.5. The molecule has 0 aromatic rings. The maximum Gasteiger partial charge on any atom is -0.0663 e. The average molecular weight is 3020 g/mol. The molecule has 0 saturated heterocycles. The van der Waals surface area contributed by atoms with E-state index in [1.54, 1.807) is 70.6 Å². The zero-order valence-corrected chi connectivity index (χ0v) is 117. The number of hydrogen-bond acceptors (Lipinski definition) is 6. The number of nitrogens with zero attached hydrogens (tertiary/aromatic N) is 21. The van der Waals surface area contributed by atoms with Crippen LogP contribution in [0.3, 0.4) is 0 Å². The molecule has 0 aliphatic carbocycles. The Balaban J connectivity index is -0.0000000663. The summed E-state index contributed by atoms with van der Waals surface area (Å²) in [7, 11) is 37.1. The van der Waals surface area contributed by atoms with Crippen LogP contribution in [-0.4, -0.2) is 164 Å². The van der Waals surface area contributed by atoms with Gasteiger partial charge in [-0.2, -0.15) is 40.8 Å². The Morgan fingerprint density at radius 3 is 0.432 bits per heavy atom.